The van der Waals surface area contributed by atoms with Gasteiger partial charge in [0.15, 0.2) is 9.84 Å². The first-order chi connectivity index (χ1) is 14.9. The number of sulfone groups is 1. The number of pyridine rings is 1. The molecular formula is C23H27N3O3S2. The SMILES string of the molecule is CC(Sc1ccc(S(=O)(=O)C[C@H]2CCCC[C@@H]2C(=O)NCC#N)cc1)c1ccccn1. The first-order valence-corrected chi connectivity index (χ1v) is 13.0. The van der Waals surface area contributed by atoms with E-state index in [9.17, 15) is 13.2 Å². The zero-order valence-electron chi connectivity index (χ0n) is 17.5. The highest BCUT2D eigenvalue weighted by molar-refractivity contribution is 7.99. The number of hydrogen-bond donors (Lipinski definition) is 1. The van der Waals surface area contributed by atoms with Gasteiger partial charge in [0.25, 0.3) is 0 Å². The van der Waals surface area contributed by atoms with Crippen molar-refractivity contribution >= 4 is 27.5 Å². The van der Waals surface area contributed by atoms with Gasteiger partial charge in [0.2, 0.25) is 5.91 Å². The Morgan fingerprint density at radius 2 is 1.97 bits per heavy atom. The fourth-order valence-electron chi connectivity index (χ4n) is 3.99. The van der Waals surface area contributed by atoms with Crippen molar-refractivity contribution in [2.45, 2.75) is 47.6 Å². The van der Waals surface area contributed by atoms with Gasteiger partial charge in [-0.1, -0.05) is 18.9 Å². The molecule has 1 fully saturated rings. The van der Waals surface area contributed by atoms with Crippen molar-refractivity contribution in [2.24, 2.45) is 11.8 Å². The van der Waals surface area contributed by atoms with E-state index < -0.39 is 9.84 Å². The van der Waals surface area contributed by atoms with Crippen LogP contribution in [0.3, 0.4) is 0 Å². The number of carbonyl (C=O) groups excluding carboxylic acids is 1. The van der Waals surface area contributed by atoms with Crippen LogP contribution in [-0.4, -0.2) is 31.6 Å². The van der Waals surface area contributed by atoms with Crippen molar-refractivity contribution in [1.82, 2.24) is 10.3 Å². The molecule has 0 spiro atoms. The molecule has 0 bridgehead atoms. The number of nitrogens with one attached hydrogen (secondary N) is 1. The largest absolute Gasteiger partial charge is 0.343 e. The van der Waals surface area contributed by atoms with Crippen molar-refractivity contribution in [3.05, 3.63) is 54.4 Å². The quantitative estimate of drug-likeness (QED) is 0.472. The predicted molar refractivity (Wildman–Crippen MR) is 121 cm³/mol. The molecule has 0 radical (unpaired) electrons. The van der Waals surface area contributed by atoms with E-state index in [-0.39, 0.29) is 40.2 Å². The van der Waals surface area contributed by atoms with E-state index in [1.165, 1.54) is 0 Å². The topological polar surface area (TPSA) is 99.9 Å². The lowest BCUT2D eigenvalue weighted by Gasteiger charge is -2.30. The average molecular weight is 458 g/mol. The van der Waals surface area contributed by atoms with E-state index in [1.807, 2.05) is 36.4 Å². The second-order valence-corrected chi connectivity index (χ2v) is 11.2. The molecule has 2 aromatic rings. The fraction of sp³-hybridized carbons (Fsp3) is 0.435. The summed E-state index contributed by atoms with van der Waals surface area (Å²) in [7, 11) is -3.51. The fourth-order valence-corrected chi connectivity index (χ4v) is 6.66. The maximum Gasteiger partial charge on any atom is 0.224 e. The molecule has 164 valence electrons. The van der Waals surface area contributed by atoms with E-state index >= 15 is 0 Å². The van der Waals surface area contributed by atoms with Crippen molar-refractivity contribution < 1.29 is 13.2 Å². The van der Waals surface area contributed by atoms with Crippen LogP contribution in [-0.2, 0) is 14.6 Å². The molecule has 3 atom stereocenters. The molecule has 1 aliphatic rings. The zero-order chi connectivity index (χ0) is 22.3. The van der Waals surface area contributed by atoms with Gasteiger partial charge in [0.05, 0.1) is 22.4 Å². The molecule has 1 saturated carbocycles. The third kappa shape index (κ3) is 6.31. The van der Waals surface area contributed by atoms with E-state index in [4.69, 9.17) is 5.26 Å². The second kappa shape index (κ2) is 10.8. The first kappa shape index (κ1) is 23.3. The number of aromatic nitrogens is 1. The van der Waals surface area contributed by atoms with Crippen LogP contribution in [0.1, 0.15) is 43.6 Å². The Morgan fingerprint density at radius 3 is 2.65 bits per heavy atom. The summed E-state index contributed by atoms with van der Waals surface area (Å²) in [5, 5.41) is 11.4. The standard InChI is InChI=1S/C23H27N3O3S2/c1-17(22-8-4-5-14-25-22)30-19-9-11-20(12-10-19)31(28,29)16-18-6-2-3-7-21(18)23(27)26-15-13-24/h4-5,8-12,14,17-18,21H,2-3,6-7,15-16H2,1H3,(H,26,27)/t17?,18-,21+/m1/s1. The Labute approximate surface area is 188 Å². The molecule has 1 unspecified atom stereocenters. The smallest absolute Gasteiger partial charge is 0.224 e. The van der Waals surface area contributed by atoms with Crippen LogP contribution in [0.25, 0.3) is 0 Å². The number of thioether (sulfide) groups is 1. The molecule has 1 aliphatic carbocycles. The Bertz CT molecular complexity index is 1020. The highest BCUT2D eigenvalue weighted by atomic mass is 32.2. The van der Waals surface area contributed by atoms with Crippen LogP contribution in [0, 0.1) is 23.2 Å². The number of rotatable bonds is 8. The monoisotopic (exact) mass is 457 g/mol. The maximum absolute atomic E-state index is 13.0. The highest BCUT2D eigenvalue weighted by Gasteiger charge is 2.34. The maximum atomic E-state index is 13.0. The van der Waals surface area contributed by atoms with Gasteiger partial charge in [-0.2, -0.15) is 5.26 Å². The molecule has 8 heteroatoms. The van der Waals surface area contributed by atoms with Crippen molar-refractivity contribution in [3.8, 4) is 6.07 Å². The predicted octanol–water partition coefficient (Wildman–Crippen LogP) is 4.15. The summed E-state index contributed by atoms with van der Waals surface area (Å²) in [4.78, 5) is 18.0. The third-order valence-corrected chi connectivity index (χ3v) is 8.62. The molecule has 31 heavy (non-hydrogen) atoms. The van der Waals surface area contributed by atoms with E-state index in [0.717, 1.165) is 23.4 Å². The van der Waals surface area contributed by atoms with Gasteiger partial charge in [-0.05, 0) is 62.1 Å². The van der Waals surface area contributed by atoms with Gasteiger partial charge < -0.3 is 5.32 Å². The number of nitriles is 1. The molecule has 1 amide bonds. The lowest BCUT2D eigenvalue weighted by atomic mass is 9.80. The number of amides is 1. The zero-order valence-corrected chi connectivity index (χ0v) is 19.2. The van der Waals surface area contributed by atoms with Gasteiger partial charge in [-0.3, -0.25) is 9.78 Å². The molecule has 3 rings (SSSR count). The Morgan fingerprint density at radius 1 is 1.23 bits per heavy atom. The number of hydrogen-bond acceptors (Lipinski definition) is 6. The molecule has 1 aromatic carbocycles. The summed E-state index contributed by atoms with van der Waals surface area (Å²) < 4.78 is 26.1. The average Bonchev–Trinajstić information content (AvgIpc) is 2.78. The van der Waals surface area contributed by atoms with Gasteiger partial charge in [0.1, 0.15) is 6.54 Å². The van der Waals surface area contributed by atoms with Crippen LogP contribution in [0.2, 0.25) is 0 Å². The number of nitrogens with zero attached hydrogens (tertiary/aromatic N) is 2. The normalized spacial score (nSPS) is 19.9. The van der Waals surface area contributed by atoms with E-state index in [2.05, 4.69) is 17.2 Å². The lowest BCUT2D eigenvalue weighted by Crippen LogP contribution is -2.39. The minimum atomic E-state index is -3.51. The van der Waals surface area contributed by atoms with Gasteiger partial charge in [0, 0.05) is 22.3 Å². The number of carbonyl (C=O) groups is 1. The summed E-state index contributed by atoms with van der Waals surface area (Å²) in [5.74, 6) is -0.840. The van der Waals surface area contributed by atoms with Crippen LogP contribution in [0.4, 0.5) is 0 Å². The van der Waals surface area contributed by atoms with Gasteiger partial charge in [-0.15, -0.1) is 11.8 Å². The summed E-state index contributed by atoms with van der Waals surface area (Å²) >= 11 is 1.63. The Hall–Kier alpha value is -2.37. The molecule has 1 heterocycles. The van der Waals surface area contributed by atoms with Crippen molar-refractivity contribution in [1.29, 1.82) is 5.26 Å². The lowest BCUT2D eigenvalue weighted by molar-refractivity contribution is -0.127. The minimum Gasteiger partial charge on any atom is -0.343 e. The van der Waals surface area contributed by atoms with Crippen LogP contribution in [0.15, 0.2) is 58.5 Å². The molecule has 1 N–H and O–H groups in total. The summed E-state index contributed by atoms with van der Waals surface area (Å²) in [5.41, 5.74) is 0.974. The van der Waals surface area contributed by atoms with Crippen molar-refractivity contribution in [3.63, 3.8) is 0 Å². The highest BCUT2D eigenvalue weighted by Crippen LogP contribution is 2.35. The molecule has 0 saturated heterocycles. The summed E-state index contributed by atoms with van der Waals surface area (Å²) in [6.07, 6.45) is 4.96. The molecule has 6 nitrogen and oxygen atoms in total. The molecule has 0 aliphatic heterocycles. The third-order valence-electron chi connectivity index (χ3n) is 5.62. The number of benzene rings is 1. The first-order valence-electron chi connectivity index (χ1n) is 10.5. The minimum absolute atomic E-state index is 0.0472. The Balaban J connectivity index is 1.67. The van der Waals surface area contributed by atoms with Gasteiger partial charge >= 0.3 is 0 Å². The van der Waals surface area contributed by atoms with E-state index in [0.29, 0.717) is 12.8 Å². The second-order valence-electron chi connectivity index (χ2n) is 7.79. The van der Waals surface area contributed by atoms with Crippen LogP contribution < -0.4 is 5.32 Å². The Kier molecular flexibility index (Phi) is 8.10. The summed E-state index contributed by atoms with van der Waals surface area (Å²) in [6, 6.07) is 14.7. The summed E-state index contributed by atoms with van der Waals surface area (Å²) in [6.45, 7) is 2.02. The van der Waals surface area contributed by atoms with Crippen LogP contribution >= 0.6 is 11.8 Å². The van der Waals surface area contributed by atoms with Crippen molar-refractivity contribution in [2.75, 3.05) is 12.3 Å². The van der Waals surface area contributed by atoms with Gasteiger partial charge in [-0.25, -0.2) is 8.42 Å². The van der Waals surface area contributed by atoms with E-state index in [1.54, 1.807) is 30.1 Å². The van der Waals surface area contributed by atoms with Crippen LogP contribution in [0.5, 0.6) is 0 Å². The molecule has 1 aromatic heterocycles. The molecular weight excluding hydrogens is 430 g/mol.